The van der Waals surface area contributed by atoms with Gasteiger partial charge < -0.3 is 10.5 Å². The minimum atomic E-state index is 0.523. The van der Waals surface area contributed by atoms with Crippen LogP contribution in [0.2, 0.25) is 0 Å². The number of ether oxygens (including phenoxy) is 1. The summed E-state index contributed by atoms with van der Waals surface area (Å²) in [6.45, 7) is 6.53. The number of rotatable bonds is 3. The molecule has 13 heavy (non-hydrogen) atoms. The Labute approximate surface area is 80.2 Å². The highest BCUT2D eigenvalue weighted by Gasteiger charge is 2.34. The smallest absolute Gasteiger partial charge is 0.0961 e. The van der Waals surface area contributed by atoms with Gasteiger partial charge in [-0.05, 0) is 45.3 Å². The number of piperidine rings is 1. The van der Waals surface area contributed by atoms with Gasteiger partial charge in [0.1, 0.15) is 0 Å². The largest absolute Gasteiger partial charge is 0.371 e. The molecule has 2 atom stereocenters. The Morgan fingerprint density at radius 2 is 2.08 bits per heavy atom. The average molecular weight is 184 g/mol. The molecule has 0 radical (unpaired) electrons. The van der Waals surface area contributed by atoms with Crippen LogP contribution in [0.3, 0.4) is 0 Å². The van der Waals surface area contributed by atoms with E-state index in [0.29, 0.717) is 12.1 Å². The molecule has 0 saturated carbocycles. The molecular weight excluding hydrogens is 164 g/mol. The van der Waals surface area contributed by atoms with Crippen molar-refractivity contribution in [3.63, 3.8) is 0 Å². The maximum atomic E-state index is 5.65. The molecule has 0 bridgehead atoms. The summed E-state index contributed by atoms with van der Waals surface area (Å²) in [6.07, 6.45) is 3.07. The molecule has 0 aromatic carbocycles. The Bertz CT molecular complexity index is 162. The Kier molecular flexibility index (Phi) is 2.86. The van der Waals surface area contributed by atoms with Gasteiger partial charge in [0.15, 0.2) is 0 Å². The topological polar surface area (TPSA) is 41.8 Å². The molecule has 2 unspecified atom stereocenters. The zero-order chi connectivity index (χ0) is 9.26. The van der Waals surface area contributed by atoms with E-state index in [0.717, 1.165) is 19.1 Å². The van der Waals surface area contributed by atoms with Gasteiger partial charge >= 0.3 is 0 Å². The van der Waals surface area contributed by atoms with E-state index < -0.39 is 0 Å². The van der Waals surface area contributed by atoms with E-state index >= 15 is 0 Å². The second kappa shape index (κ2) is 3.95. The summed E-state index contributed by atoms with van der Waals surface area (Å²) >= 11 is 0. The molecule has 0 spiro atoms. The van der Waals surface area contributed by atoms with E-state index in [2.05, 4.69) is 11.8 Å². The van der Waals surface area contributed by atoms with Gasteiger partial charge in [0.2, 0.25) is 0 Å². The van der Waals surface area contributed by atoms with Gasteiger partial charge in [0.25, 0.3) is 0 Å². The van der Waals surface area contributed by atoms with Crippen molar-refractivity contribution in [2.45, 2.75) is 31.9 Å². The predicted molar refractivity (Wildman–Crippen MR) is 52.6 cm³/mol. The lowest BCUT2D eigenvalue weighted by Gasteiger charge is -2.35. The van der Waals surface area contributed by atoms with Crippen molar-refractivity contribution in [3.05, 3.63) is 0 Å². The number of nitrogens with two attached hydrogens (primary N) is 1. The van der Waals surface area contributed by atoms with Gasteiger partial charge in [-0.15, -0.1) is 0 Å². The maximum Gasteiger partial charge on any atom is 0.0961 e. The Balaban J connectivity index is 1.76. The zero-order valence-electron chi connectivity index (χ0n) is 8.41. The third kappa shape index (κ3) is 2.22. The standard InChI is InChI=1S/C10H20N2O/c1-8(10-7-13-10)12-4-2-9(6-11)3-5-12/h8-10H,2-7,11H2,1H3. The highest BCUT2D eigenvalue weighted by molar-refractivity contribution is 4.86. The second-order valence-corrected chi connectivity index (χ2v) is 4.33. The quantitative estimate of drug-likeness (QED) is 0.647. The lowest BCUT2D eigenvalue weighted by Crippen LogP contribution is -2.43. The summed E-state index contributed by atoms with van der Waals surface area (Å²) in [6, 6.07) is 0.624. The summed E-state index contributed by atoms with van der Waals surface area (Å²) in [5.41, 5.74) is 5.65. The average Bonchev–Trinajstić information content (AvgIpc) is 3.00. The van der Waals surface area contributed by atoms with E-state index in [-0.39, 0.29) is 0 Å². The third-order valence-corrected chi connectivity index (χ3v) is 3.46. The van der Waals surface area contributed by atoms with Crippen LogP contribution in [-0.2, 0) is 4.74 Å². The molecule has 2 fully saturated rings. The summed E-state index contributed by atoms with van der Waals surface area (Å²) in [4.78, 5) is 2.55. The fraction of sp³-hybridized carbons (Fsp3) is 1.00. The third-order valence-electron chi connectivity index (χ3n) is 3.46. The molecule has 2 saturated heterocycles. The second-order valence-electron chi connectivity index (χ2n) is 4.33. The van der Waals surface area contributed by atoms with Crippen LogP contribution >= 0.6 is 0 Å². The SMILES string of the molecule is CC(C1CO1)N1CCC(CN)CC1. The van der Waals surface area contributed by atoms with Crippen molar-refractivity contribution in [3.8, 4) is 0 Å². The number of likely N-dealkylation sites (tertiary alicyclic amines) is 1. The van der Waals surface area contributed by atoms with Crippen molar-refractivity contribution in [1.29, 1.82) is 0 Å². The molecule has 3 nitrogen and oxygen atoms in total. The number of hydrogen-bond donors (Lipinski definition) is 1. The fourth-order valence-electron chi connectivity index (χ4n) is 2.17. The van der Waals surface area contributed by atoms with E-state index in [4.69, 9.17) is 10.5 Å². The van der Waals surface area contributed by atoms with E-state index in [9.17, 15) is 0 Å². The van der Waals surface area contributed by atoms with Crippen LogP contribution in [0, 0.1) is 5.92 Å². The van der Waals surface area contributed by atoms with E-state index in [1.54, 1.807) is 0 Å². The first kappa shape index (κ1) is 9.44. The predicted octanol–water partition coefficient (Wildman–Crippen LogP) is 0.444. The lowest BCUT2D eigenvalue weighted by atomic mass is 9.96. The summed E-state index contributed by atoms with van der Waals surface area (Å²) in [5, 5.41) is 0. The molecule has 0 amide bonds. The molecule has 2 heterocycles. The molecule has 0 aliphatic carbocycles. The Hall–Kier alpha value is -0.120. The molecule has 2 aliphatic rings. The van der Waals surface area contributed by atoms with Crippen molar-refractivity contribution in [2.75, 3.05) is 26.2 Å². The van der Waals surface area contributed by atoms with Gasteiger partial charge in [-0.25, -0.2) is 0 Å². The summed E-state index contributed by atoms with van der Waals surface area (Å²) in [5.74, 6) is 0.767. The van der Waals surface area contributed by atoms with Gasteiger partial charge in [0.05, 0.1) is 12.7 Å². The van der Waals surface area contributed by atoms with Crippen LogP contribution in [-0.4, -0.2) is 43.3 Å². The molecule has 3 heteroatoms. The molecular formula is C10H20N2O. The van der Waals surface area contributed by atoms with Crippen LogP contribution in [0.25, 0.3) is 0 Å². The molecule has 0 aromatic heterocycles. The van der Waals surface area contributed by atoms with E-state index in [1.807, 2.05) is 0 Å². The van der Waals surface area contributed by atoms with Crippen LogP contribution in [0.1, 0.15) is 19.8 Å². The van der Waals surface area contributed by atoms with Gasteiger partial charge in [-0.1, -0.05) is 0 Å². The normalized spacial score (nSPS) is 33.2. The Morgan fingerprint density at radius 1 is 1.46 bits per heavy atom. The summed E-state index contributed by atoms with van der Waals surface area (Å²) < 4.78 is 5.31. The molecule has 2 aliphatic heterocycles. The first-order valence-electron chi connectivity index (χ1n) is 5.37. The van der Waals surface area contributed by atoms with Crippen LogP contribution in [0.4, 0.5) is 0 Å². The fourth-order valence-corrected chi connectivity index (χ4v) is 2.17. The first-order chi connectivity index (χ1) is 6.31. The molecule has 76 valence electrons. The van der Waals surface area contributed by atoms with Crippen LogP contribution < -0.4 is 5.73 Å². The highest BCUT2D eigenvalue weighted by Crippen LogP contribution is 2.24. The number of epoxide rings is 1. The maximum absolute atomic E-state index is 5.65. The van der Waals surface area contributed by atoms with Gasteiger partial charge in [-0.3, -0.25) is 4.90 Å². The molecule has 2 rings (SSSR count). The molecule has 0 aromatic rings. The zero-order valence-corrected chi connectivity index (χ0v) is 8.41. The van der Waals surface area contributed by atoms with Crippen molar-refractivity contribution in [1.82, 2.24) is 4.90 Å². The van der Waals surface area contributed by atoms with Crippen molar-refractivity contribution in [2.24, 2.45) is 11.7 Å². The monoisotopic (exact) mass is 184 g/mol. The van der Waals surface area contributed by atoms with Gasteiger partial charge in [-0.2, -0.15) is 0 Å². The van der Waals surface area contributed by atoms with E-state index in [1.165, 1.54) is 25.9 Å². The van der Waals surface area contributed by atoms with Crippen molar-refractivity contribution >= 4 is 0 Å². The van der Waals surface area contributed by atoms with Crippen molar-refractivity contribution < 1.29 is 4.74 Å². The lowest BCUT2D eigenvalue weighted by molar-refractivity contribution is 0.123. The Morgan fingerprint density at radius 3 is 2.54 bits per heavy atom. The van der Waals surface area contributed by atoms with Crippen LogP contribution in [0.15, 0.2) is 0 Å². The number of hydrogen-bond acceptors (Lipinski definition) is 3. The highest BCUT2D eigenvalue weighted by atomic mass is 16.6. The summed E-state index contributed by atoms with van der Waals surface area (Å²) in [7, 11) is 0. The minimum absolute atomic E-state index is 0.523. The molecule has 2 N–H and O–H groups in total. The first-order valence-corrected chi connectivity index (χ1v) is 5.37. The van der Waals surface area contributed by atoms with Crippen LogP contribution in [0.5, 0.6) is 0 Å². The number of nitrogens with zero attached hydrogens (tertiary/aromatic N) is 1. The van der Waals surface area contributed by atoms with Gasteiger partial charge in [0, 0.05) is 6.04 Å². The minimum Gasteiger partial charge on any atom is -0.371 e.